The fourth-order valence-electron chi connectivity index (χ4n) is 2.64. The number of rotatable bonds is 15. The van der Waals surface area contributed by atoms with E-state index in [4.69, 9.17) is 5.73 Å². The summed E-state index contributed by atoms with van der Waals surface area (Å²) in [4.78, 5) is 0. The minimum absolute atomic E-state index is 0.856. The highest BCUT2D eigenvalue weighted by Gasteiger charge is 1.93. The molecule has 0 aliphatic heterocycles. The van der Waals surface area contributed by atoms with E-state index < -0.39 is 0 Å². The fraction of sp³-hybridized carbons (Fsp3) is 0.895. The summed E-state index contributed by atoms with van der Waals surface area (Å²) in [5, 5.41) is 0. The maximum Gasteiger partial charge on any atom is 0.0584 e. The Balaban J connectivity index is 2.93. The van der Waals surface area contributed by atoms with E-state index in [1.807, 2.05) is 6.04 Å². The Morgan fingerprint density at radius 1 is 0.550 bits per heavy atom. The summed E-state index contributed by atoms with van der Waals surface area (Å²) in [6, 6.07) is 1.97. The Morgan fingerprint density at radius 2 is 0.900 bits per heavy atom. The molecule has 20 heavy (non-hydrogen) atoms. The summed E-state index contributed by atoms with van der Waals surface area (Å²) in [7, 11) is 0. The number of nitrogens with zero attached hydrogens (tertiary/aromatic N) is 1. The molecule has 0 spiro atoms. The smallest absolute Gasteiger partial charge is 0.0584 e. The van der Waals surface area contributed by atoms with E-state index in [-0.39, 0.29) is 0 Å². The van der Waals surface area contributed by atoms with Crippen LogP contribution in [0.15, 0.2) is 0 Å². The molecule has 2 radical (unpaired) electrons. The Hall–Kier alpha value is -0.640. The summed E-state index contributed by atoms with van der Waals surface area (Å²) >= 11 is 0. The minimum Gasteiger partial charge on any atom is -0.0878 e. The second-order valence-corrected chi connectivity index (χ2v) is 5.99. The lowest BCUT2D eigenvalue weighted by molar-refractivity contribution is 0.533. The van der Waals surface area contributed by atoms with Gasteiger partial charge in [-0.1, -0.05) is 108 Å². The van der Waals surface area contributed by atoms with Crippen LogP contribution in [0.5, 0.6) is 0 Å². The van der Waals surface area contributed by atoms with Crippen LogP contribution in [0.2, 0.25) is 0 Å². The van der Waals surface area contributed by atoms with Crippen LogP contribution in [-0.2, 0) is 0 Å². The van der Waals surface area contributed by atoms with Crippen LogP contribution < -0.4 is 5.73 Å². The van der Waals surface area contributed by atoms with Gasteiger partial charge in [0, 0.05) is 6.42 Å². The summed E-state index contributed by atoms with van der Waals surface area (Å²) in [6.07, 6.45) is 21.7. The molecule has 0 atom stereocenters. The van der Waals surface area contributed by atoms with Gasteiger partial charge in [-0.05, 0) is 6.42 Å². The van der Waals surface area contributed by atoms with Gasteiger partial charge in [-0.15, -0.1) is 0 Å². The molecule has 1 nitrogen and oxygen atoms in total. The van der Waals surface area contributed by atoms with Crippen molar-refractivity contribution in [1.82, 2.24) is 5.73 Å². The quantitative estimate of drug-likeness (QED) is 0.248. The van der Waals surface area contributed by atoms with Crippen LogP contribution in [-0.4, -0.2) is 0 Å². The predicted octanol–water partition coefficient (Wildman–Crippen LogP) is 6.28. The molecule has 0 aromatic carbocycles. The molecule has 0 aromatic heterocycles. The number of unbranched alkanes of at least 4 members (excludes halogenated alkanes) is 15. The van der Waals surface area contributed by atoms with Gasteiger partial charge in [-0.2, -0.15) is 0 Å². The van der Waals surface area contributed by atoms with E-state index in [9.17, 15) is 0 Å². The number of hydrogen-bond donors (Lipinski definition) is 0. The molecule has 0 N–H and O–H groups in total. The van der Waals surface area contributed by atoms with Gasteiger partial charge in [0.1, 0.15) is 0 Å². The molecule has 0 heterocycles. The zero-order valence-corrected chi connectivity index (χ0v) is 13.8. The van der Waals surface area contributed by atoms with Gasteiger partial charge in [0.2, 0.25) is 0 Å². The molecule has 0 aliphatic carbocycles. The first kappa shape index (κ1) is 19.4. The Morgan fingerprint density at radius 3 is 1.25 bits per heavy atom. The Labute approximate surface area is 128 Å². The van der Waals surface area contributed by atoms with Gasteiger partial charge in [0.15, 0.2) is 0 Å². The van der Waals surface area contributed by atoms with Gasteiger partial charge in [0.25, 0.3) is 0 Å². The van der Waals surface area contributed by atoms with E-state index in [1.165, 1.54) is 89.9 Å². The molecular formula is C19H35N. The van der Waals surface area contributed by atoms with Crippen LogP contribution in [0.4, 0.5) is 0 Å². The monoisotopic (exact) mass is 277 g/mol. The van der Waals surface area contributed by atoms with Crippen molar-refractivity contribution in [3.63, 3.8) is 0 Å². The molecule has 0 aliphatic rings. The van der Waals surface area contributed by atoms with Crippen LogP contribution in [0.25, 0.3) is 0 Å². The third-order valence-corrected chi connectivity index (χ3v) is 3.98. The van der Waals surface area contributed by atoms with E-state index in [2.05, 4.69) is 12.8 Å². The standard InChI is InChI=1S/C19H35N/c1-2-3-4-5-6-7-8-9-10-11-12-13-14-15-16-17-18-19-20/h2-17H2,1H3. The van der Waals surface area contributed by atoms with Gasteiger partial charge < -0.3 is 0 Å². The third kappa shape index (κ3) is 17.4. The molecule has 116 valence electrons. The zero-order valence-electron chi connectivity index (χ0n) is 13.8. The van der Waals surface area contributed by atoms with Gasteiger partial charge >= 0.3 is 0 Å². The first-order chi connectivity index (χ1) is 9.91. The largest absolute Gasteiger partial charge is 0.0878 e. The van der Waals surface area contributed by atoms with Crippen molar-refractivity contribution in [2.24, 2.45) is 0 Å². The lowest BCUT2D eigenvalue weighted by Crippen LogP contribution is -1.83. The highest BCUT2D eigenvalue weighted by Crippen LogP contribution is 2.13. The maximum absolute atomic E-state index is 8.32. The van der Waals surface area contributed by atoms with Crippen molar-refractivity contribution in [2.45, 2.75) is 110 Å². The van der Waals surface area contributed by atoms with Crippen LogP contribution in [0, 0.1) is 12.0 Å². The lowest BCUT2D eigenvalue weighted by Gasteiger charge is -2.02. The van der Waals surface area contributed by atoms with E-state index in [0.717, 1.165) is 12.8 Å². The van der Waals surface area contributed by atoms with Crippen molar-refractivity contribution < 1.29 is 0 Å². The van der Waals surface area contributed by atoms with Crippen molar-refractivity contribution >= 4 is 0 Å². The van der Waals surface area contributed by atoms with Crippen LogP contribution >= 0.6 is 0 Å². The summed E-state index contributed by atoms with van der Waals surface area (Å²) in [5.74, 6) is 2.70. The van der Waals surface area contributed by atoms with Gasteiger partial charge in [-0.3, -0.25) is 0 Å². The highest BCUT2D eigenvalue weighted by molar-refractivity contribution is 4.92. The summed E-state index contributed by atoms with van der Waals surface area (Å²) in [5.41, 5.74) is 8.32. The molecule has 0 unspecified atom stereocenters. The first-order valence-corrected chi connectivity index (χ1v) is 9.03. The maximum atomic E-state index is 8.32. The minimum atomic E-state index is 0.856. The van der Waals surface area contributed by atoms with Gasteiger partial charge in [-0.25, -0.2) is 0 Å². The lowest BCUT2D eigenvalue weighted by atomic mass is 10.0. The van der Waals surface area contributed by atoms with Crippen molar-refractivity contribution in [3.05, 3.63) is 0 Å². The van der Waals surface area contributed by atoms with E-state index >= 15 is 0 Å². The average molecular weight is 277 g/mol. The normalized spacial score (nSPS) is 10.2. The third-order valence-electron chi connectivity index (χ3n) is 3.98. The van der Waals surface area contributed by atoms with Gasteiger partial charge in [0.05, 0.1) is 6.04 Å². The molecule has 0 saturated heterocycles. The fourth-order valence-corrected chi connectivity index (χ4v) is 2.64. The highest BCUT2D eigenvalue weighted by atomic mass is 14.4. The SMILES string of the molecule is CCCCCCCCCCCCCCCCCC#C[N]. The first-order valence-electron chi connectivity index (χ1n) is 9.03. The zero-order chi connectivity index (χ0) is 14.7. The van der Waals surface area contributed by atoms with Crippen LogP contribution in [0.1, 0.15) is 110 Å². The van der Waals surface area contributed by atoms with E-state index in [1.54, 1.807) is 0 Å². The molecule has 0 bridgehead atoms. The van der Waals surface area contributed by atoms with E-state index in [0.29, 0.717) is 0 Å². The molecule has 0 amide bonds. The average Bonchev–Trinajstić information content (AvgIpc) is 2.47. The second kappa shape index (κ2) is 18.4. The molecule has 0 aromatic rings. The number of hydrogen-bond acceptors (Lipinski definition) is 0. The molecule has 1 heteroatoms. The Kier molecular flexibility index (Phi) is 17.8. The Bertz CT molecular complexity index is 224. The van der Waals surface area contributed by atoms with Crippen molar-refractivity contribution in [1.29, 1.82) is 0 Å². The van der Waals surface area contributed by atoms with Crippen molar-refractivity contribution in [2.75, 3.05) is 0 Å². The molecular weight excluding hydrogens is 242 g/mol. The van der Waals surface area contributed by atoms with Crippen LogP contribution in [0.3, 0.4) is 0 Å². The second-order valence-electron chi connectivity index (χ2n) is 5.99. The topological polar surface area (TPSA) is 22.3 Å². The molecule has 0 rings (SSSR count). The molecule has 0 fully saturated rings. The predicted molar refractivity (Wildman–Crippen MR) is 89.5 cm³/mol. The summed E-state index contributed by atoms with van der Waals surface area (Å²) in [6.45, 7) is 2.28. The molecule has 0 saturated carbocycles. The van der Waals surface area contributed by atoms with Crippen molar-refractivity contribution in [3.8, 4) is 12.0 Å². The summed E-state index contributed by atoms with van der Waals surface area (Å²) < 4.78 is 0.